The van der Waals surface area contributed by atoms with Crippen LogP contribution in [0.1, 0.15) is 45.9 Å². The Morgan fingerprint density at radius 2 is 1.93 bits per heavy atom. The molecular formula is C23H18ClN3O3. The zero-order valence-electron chi connectivity index (χ0n) is 16.0. The smallest absolute Gasteiger partial charge is 0.335 e. The van der Waals surface area contributed by atoms with Gasteiger partial charge >= 0.3 is 5.97 Å². The Kier molecular flexibility index (Phi) is 3.51. The normalized spacial score (nSPS) is 21.9. The van der Waals surface area contributed by atoms with Crippen molar-refractivity contribution in [2.24, 2.45) is 0 Å². The SMILES string of the molecule is O=C(O)c1ccc2c(c1)CC1(C2)C(=O)N(c2cnn(C3CC3)c2)c2cc(Cl)ccc21. The number of carbonyl (C=O) groups excluding carboxylic acids is 1. The van der Waals surface area contributed by atoms with Crippen molar-refractivity contribution in [3.63, 3.8) is 0 Å². The maximum atomic E-state index is 13.9. The minimum absolute atomic E-state index is 0.0109. The second kappa shape index (κ2) is 5.95. The van der Waals surface area contributed by atoms with Gasteiger partial charge in [0.2, 0.25) is 5.91 Å². The quantitative estimate of drug-likeness (QED) is 0.687. The molecule has 1 spiro atoms. The standard InChI is InChI=1S/C23H18ClN3O3/c24-16-3-6-19-20(8-16)27(18-11-25-26(12-18)17-4-5-17)22(30)23(19)9-14-2-1-13(21(28)29)7-15(14)10-23/h1-3,6-8,11-12,17H,4-5,9-10H2,(H,28,29). The van der Waals surface area contributed by atoms with Gasteiger partial charge in [-0.1, -0.05) is 23.7 Å². The number of carboxylic acid groups (broad SMARTS) is 1. The number of benzene rings is 2. The zero-order chi connectivity index (χ0) is 20.6. The third-order valence-electron chi connectivity index (χ3n) is 6.53. The first-order valence-electron chi connectivity index (χ1n) is 10.0. The lowest BCUT2D eigenvalue weighted by Crippen LogP contribution is -2.39. The molecule has 150 valence electrons. The predicted molar refractivity (Wildman–Crippen MR) is 112 cm³/mol. The van der Waals surface area contributed by atoms with Gasteiger partial charge in [-0.15, -0.1) is 0 Å². The summed E-state index contributed by atoms with van der Waals surface area (Å²) in [4.78, 5) is 27.1. The van der Waals surface area contributed by atoms with Crippen LogP contribution in [0.4, 0.5) is 11.4 Å². The number of hydrogen-bond acceptors (Lipinski definition) is 3. The molecule has 7 heteroatoms. The first-order chi connectivity index (χ1) is 14.5. The molecule has 2 aromatic carbocycles. The Morgan fingerprint density at radius 3 is 2.70 bits per heavy atom. The Labute approximate surface area is 177 Å². The summed E-state index contributed by atoms with van der Waals surface area (Å²) in [6.45, 7) is 0. The summed E-state index contributed by atoms with van der Waals surface area (Å²) in [5.74, 6) is -0.971. The summed E-state index contributed by atoms with van der Waals surface area (Å²) in [6, 6.07) is 11.2. The summed E-state index contributed by atoms with van der Waals surface area (Å²) < 4.78 is 1.93. The molecule has 1 aliphatic heterocycles. The summed E-state index contributed by atoms with van der Waals surface area (Å²) in [5.41, 5.74) is 3.90. The van der Waals surface area contributed by atoms with E-state index in [0.717, 1.165) is 40.9 Å². The highest BCUT2D eigenvalue weighted by Crippen LogP contribution is 2.53. The second-order valence-electron chi connectivity index (χ2n) is 8.44. The predicted octanol–water partition coefficient (Wildman–Crippen LogP) is 4.28. The average Bonchev–Trinajstić information content (AvgIpc) is 3.25. The van der Waals surface area contributed by atoms with E-state index < -0.39 is 11.4 Å². The van der Waals surface area contributed by atoms with Gasteiger partial charge in [-0.2, -0.15) is 5.10 Å². The van der Waals surface area contributed by atoms with Crippen LogP contribution in [0, 0.1) is 0 Å². The van der Waals surface area contributed by atoms with Crippen molar-refractivity contribution < 1.29 is 14.7 Å². The van der Waals surface area contributed by atoms with E-state index in [9.17, 15) is 14.7 Å². The average molecular weight is 420 g/mol. The molecule has 1 atom stereocenters. The topological polar surface area (TPSA) is 75.4 Å². The maximum absolute atomic E-state index is 13.9. The summed E-state index contributed by atoms with van der Waals surface area (Å²) in [6.07, 6.45) is 6.92. The maximum Gasteiger partial charge on any atom is 0.335 e. The van der Waals surface area contributed by atoms with Gasteiger partial charge in [0, 0.05) is 11.2 Å². The minimum atomic E-state index is -0.960. The number of hydrogen-bond donors (Lipinski definition) is 1. The highest BCUT2D eigenvalue weighted by molar-refractivity contribution is 6.31. The van der Waals surface area contributed by atoms with Gasteiger partial charge in [0.1, 0.15) is 0 Å². The number of carboxylic acids is 1. The van der Waals surface area contributed by atoms with Gasteiger partial charge in [0.05, 0.1) is 34.6 Å². The Morgan fingerprint density at radius 1 is 1.13 bits per heavy atom. The molecule has 0 saturated heterocycles. The fourth-order valence-electron chi connectivity index (χ4n) is 4.92. The number of fused-ring (bicyclic) bond motifs is 3. The lowest BCUT2D eigenvalue weighted by Gasteiger charge is -2.23. The highest BCUT2D eigenvalue weighted by Gasteiger charge is 2.54. The zero-order valence-corrected chi connectivity index (χ0v) is 16.8. The van der Waals surface area contributed by atoms with Crippen LogP contribution in [0.25, 0.3) is 0 Å². The lowest BCUT2D eigenvalue weighted by molar-refractivity contribution is -0.122. The number of carbonyl (C=O) groups is 2. The van der Waals surface area contributed by atoms with Crippen LogP contribution in [0.3, 0.4) is 0 Å². The van der Waals surface area contributed by atoms with Crippen LogP contribution >= 0.6 is 11.6 Å². The van der Waals surface area contributed by atoms with Crippen molar-refractivity contribution in [3.8, 4) is 0 Å². The summed E-state index contributed by atoms with van der Waals surface area (Å²) in [5, 5.41) is 14.4. The van der Waals surface area contributed by atoms with E-state index in [1.54, 1.807) is 23.2 Å². The van der Waals surface area contributed by atoms with Crippen LogP contribution in [-0.2, 0) is 23.1 Å². The molecule has 2 aliphatic carbocycles. The van der Waals surface area contributed by atoms with Crippen molar-refractivity contribution in [1.82, 2.24) is 9.78 Å². The molecule has 6 rings (SSSR count). The van der Waals surface area contributed by atoms with Crippen molar-refractivity contribution in [3.05, 3.63) is 76.1 Å². The van der Waals surface area contributed by atoms with Gasteiger partial charge in [0.15, 0.2) is 0 Å². The first kappa shape index (κ1) is 17.7. The number of amides is 1. The van der Waals surface area contributed by atoms with E-state index in [1.165, 1.54) is 0 Å². The molecule has 0 bridgehead atoms. The van der Waals surface area contributed by atoms with Gasteiger partial charge in [-0.05, 0) is 66.6 Å². The number of halogens is 1. The number of anilines is 2. The Balaban J connectivity index is 1.47. The molecule has 0 radical (unpaired) electrons. The first-order valence-corrected chi connectivity index (χ1v) is 10.4. The van der Waals surface area contributed by atoms with E-state index in [1.807, 2.05) is 35.1 Å². The van der Waals surface area contributed by atoms with Gasteiger partial charge in [-0.25, -0.2) is 4.79 Å². The van der Waals surface area contributed by atoms with Gasteiger partial charge in [0.25, 0.3) is 0 Å². The van der Waals surface area contributed by atoms with Crippen molar-refractivity contribution in [2.45, 2.75) is 37.1 Å². The van der Waals surface area contributed by atoms with E-state index in [2.05, 4.69) is 5.10 Å². The van der Waals surface area contributed by atoms with Crippen LogP contribution < -0.4 is 4.90 Å². The number of nitrogens with zero attached hydrogens (tertiary/aromatic N) is 3. The molecule has 3 aliphatic rings. The van der Waals surface area contributed by atoms with Crippen LogP contribution in [0.5, 0.6) is 0 Å². The van der Waals surface area contributed by atoms with E-state index in [-0.39, 0.29) is 11.5 Å². The Bertz CT molecular complexity index is 1250. The number of rotatable bonds is 3. The van der Waals surface area contributed by atoms with Crippen molar-refractivity contribution in [1.29, 1.82) is 0 Å². The molecule has 2 heterocycles. The fraction of sp³-hybridized carbons (Fsp3) is 0.261. The van der Waals surface area contributed by atoms with Crippen LogP contribution in [0.2, 0.25) is 5.02 Å². The van der Waals surface area contributed by atoms with Crippen molar-refractivity contribution in [2.75, 3.05) is 4.90 Å². The third kappa shape index (κ3) is 2.40. The summed E-state index contributed by atoms with van der Waals surface area (Å²) in [7, 11) is 0. The largest absolute Gasteiger partial charge is 0.478 e. The molecule has 1 unspecified atom stereocenters. The molecule has 1 aromatic heterocycles. The molecule has 1 amide bonds. The lowest BCUT2D eigenvalue weighted by atomic mass is 9.79. The molecular weight excluding hydrogens is 402 g/mol. The molecule has 30 heavy (non-hydrogen) atoms. The molecule has 1 N–H and O–H groups in total. The highest BCUT2D eigenvalue weighted by atomic mass is 35.5. The monoisotopic (exact) mass is 419 g/mol. The number of aromatic carboxylic acids is 1. The fourth-order valence-corrected chi connectivity index (χ4v) is 5.09. The van der Waals surface area contributed by atoms with E-state index in [4.69, 9.17) is 11.6 Å². The molecule has 3 aromatic rings. The summed E-state index contributed by atoms with van der Waals surface area (Å²) >= 11 is 6.31. The van der Waals surface area contributed by atoms with Crippen LogP contribution in [-0.4, -0.2) is 26.8 Å². The molecule has 1 saturated carbocycles. The second-order valence-corrected chi connectivity index (χ2v) is 8.87. The van der Waals surface area contributed by atoms with Crippen LogP contribution in [0.15, 0.2) is 48.8 Å². The minimum Gasteiger partial charge on any atom is -0.478 e. The van der Waals surface area contributed by atoms with E-state index in [0.29, 0.717) is 23.9 Å². The Hall–Kier alpha value is -3.12. The van der Waals surface area contributed by atoms with Crippen molar-refractivity contribution >= 4 is 34.9 Å². The van der Waals surface area contributed by atoms with E-state index >= 15 is 0 Å². The molecule has 6 nitrogen and oxygen atoms in total. The van der Waals surface area contributed by atoms with Gasteiger partial charge in [-0.3, -0.25) is 14.4 Å². The number of aromatic nitrogens is 2. The molecule has 1 fully saturated rings. The third-order valence-corrected chi connectivity index (χ3v) is 6.77. The van der Waals surface area contributed by atoms with Gasteiger partial charge < -0.3 is 5.11 Å².